The van der Waals surface area contributed by atoms with Crippen molar-refractivity contribution in [3.8, 4) is 6.07 Å². The second kappa shape index (κ2) is 7.66. The van der Waals surface area contributed by atoms with Crippen LogP contribution in [0.2, 0.25) is 0 Å². The van der Waals surface area contributed by atoms with Crippen molar-refractivity contribution in [2.45, 2.75) is 18.9 Å². The topological polar surface area (TPSA) is 79.2 Å². The van der Waals surface area contributed by atoms with Crippen molar-refractivity contribution in [3.63, 3.8) is 0 Å². The van der Waals surface area contributed by atoms with Crippen molar-refractivity contribution < 1.29 is 14.3 Å². The van der Waals surface area contributed by atoms with E-state index < -0.39 is 12.0 Å². The van der Waals surface area contributed by atoms with Crippen LogP contribution in [0, 0.1) is 11.3 Å². The molecule has 1 amide bonds. The minimum atomic E-state index is -0.857. The number of carbonyl (C=O) groups excluding carboxylic acids is 2. The first kappa shape index (κ1) is 17.4. The summed E-state index contributed by atoms with van der Waals surface area (Å²) >= 11 is 0. The lowest BCUT2D eigenvalue weighted by Gasteiger charge is -2.17. The Morgan fingerprint density at radius 1 is 1.08 bits per heavy atom. The van der Waals surface area contributed by atoms with Crippen LogP contribution in [0.15, 0.2) is 54.6 Å². The Balaban J connectivity index is 2.08. The van der Waals surface area contributed by atoms with Crippen LogP contribution < -0.4 is 5.32 Å². The van der Waals surface area contributed by atoms with Crippen LogP contribution in [-0.4, -0.2) is 25.0 Å². The van der Waals surface area contributed by atoms with Crippen LogP contribution in [0.5, 0.6) is 0 Å². The van der Waals surface area contributed by atoms with E-state index in [4.69, 9.17) is 10.00 Å². The van der Waals surface area contributed by atoms with E-state index >= 15 is 0 Å². The highest BCUT2D eigenvalue weighted by atomic mass is 16.5. The van der Waals surface area contributed by atoms with Gasteiger partial charge in [0.15, 0.2) is 0 Å². The molecule has 0 spiro atoms. The van der Waals surface area contributed by atoms with Gasteiger partial charge in [-0.15, -0.1) is 0 Å². The van der Waals surface area contributed by atoms with Crippen molar-refractivity contribution in [1.82, 2.24) is 5.32 Å². The molecular weight excluding hydrogens is 328 g/mol. The van der Waals surface area contributed by atoms with Gasteiger partial charge in [0, 0.05) is 6.42 Å². The average Bonchev–Trinajstić information content (AvgIpc) is 2.68. The summed E-state index contributed by atoms with van der Waals surface area (Å²) in [6.45, 7) is 0. The Morgan fingerprint density at radius 2 is 1.65 bits per heavy atom. The second-order valence-corrected chi connectivity index (χ2v) is 5.94. The monoisotopic (exact) mass is 346 g/mol. The van der Waals surface area contributed by atoms with Gasteiger partial charge in [-0.2, -0.15) is 5.26 Å². The second-order valence-electron chi connectivity index (χ2n) is 5.94. The fourth-order valence-corrected chi connectivity index (χ4v) is 3.09. The molecule has 3 aromatic carbocycles. The maximum atomic E-state index is 13.1. The molecule has 0 saturated heterocycles. The number of nitrogens with one attached hydrogen (secondary N) is 1. The Labute approximate surface area is 151 Å². The van der Waals surface area contributed by atoms with Crippen molar-refractivity contribution >= 4 is 33.4 Å². The number of esters is 1. The van der Waals surface area contributed by atoms with Gasteiger partial charge in [0.25, 0.3) is 5.91 Å². The number of fused-ring (bicyclic) bond motifs is 2. The zero-order chi connectivity index (χ0) is 18.5. The van der Waals surface area contributed by atoms with Crippen LogP contribution in [-0.2, 0) is 9.53 Å². The highest BCUT2D eigenvalue weighted by Gasteiger charge is 2.23. The molecule has 0 aromatic heterocycles. The van der Waals surface area contributed by atoms with Crippen LogP contribution in [0.25, 0.3) is 21.5 Å². The molecule has 0 aliphatic heterocycles. The van der Waals surface area contributed by atoms with Gasteiger partial charge in [-0.05, 0) is 34.0 Å². The van der Waals surface area contributed by atoms with E-state index in [2.05, 4.69) is 5.32 Å². The van der Waals surface area contributed by atoms with E-state index in [1.807, 2.05) is 60.7 Å². The summed E-state index contributed by atoms with van der Waals surface area (Å²) in [5, 5.41) is 15.0. The number of nitriles is 1. The van der Waals surface area contributed by atoms with Gasteiger partial charge in [-0.3, -0.25) is 4.79 Å². The smallest absolute Gasteiger partial charge is 0.328 e. The lowest BCUT2D eigenvalue weighted by molar-refractivity contribution is -0.143. The lowest BCUT2D eigenvalue weighted by atomic mass is 9.96. The predicted molar refractivity (Wildman–Crippen MR) is 99.6 cm³/mol. The summed E-state index contributed by atoms with van der Waals surface area (Å²) < 4.78 is 4.76. The fraction of sp³-hybridized carbons (Fsp3) is 0.190. The number of ether oxygens (including phenoxy) is 1. The lowest BCUT2D eigenvalue weighted by Crippen LogP contribution is -2.41. The van der Waals surface area contributed by atoms with E-state index in [9.17, 15) is 9.59 Å². The summed E-state index contributed by atoms with van der Waals surface area (Å²) in [5.41, 5.74) is 0.518. The predicted octanol–water partition coefficient (Wildman–Crippen LogP) is 3.57. The third-order valence-electron chi connectivity index (χ3n) is 4.33. The number of amides is 1. The Kier molecular flexibility index (Phi) is 5.14. The summed E-state index contributed by atoms with van der Waals surface area (Å²) in [6, 6.07) is 18.4. The number of methoxy groups -OCH3 is 1. The summed E-state index contributed by atoms with van der Waals surface area (Å²) in [4.78, 5) is 25.0. The van der Waals surface area contributed by atoms with E-state index in [1.54, 1.807) is 0 Å². The quantitative estimate of drug-likeness (QED) is 0.566. The number of benzene rings is 3. The first-order valence-corrected chi connectivity index (χ1v) is 8.32. The molecule has 0 saturated carbocycles. The zero-order valence-corrected chi connectivity index (χ0v) is 14.4. The Bertz CT molecular complexity index is 967. The van der Waals surface area contributed by atoms with Gasteiger partial charge in [0.05, 0.1) is 18.7 Å². The molecule has 130 valence electrons. The van der Waals surface area contributed by atoms with E-state index in [0.717, 1.165) is 21.5 Å². The maximum absolute atomic E-state index is 13.1. The summed E-state index contributed by atoms with van der Waals surface area (Å²) in [7, 11) is 1.27. The average molecular weight is 346 g/mol. The third-order valence-corrected chi connectivity index (χ3v) is 4.33. The van der Waals surface area contributed by atoms with Crippen LogP contribution >= 0.6 is 0 Å². The van der Waals surface area contributed by atoms with Crippen LogP contribution in [0.1, 0.15) is 23.2 Å². The van der Waals surface area contributed by atoms with E-state index in [0.29, 0.717) is 5.56 Å². The fourth-order valence-electron chi connectivity index (χ4n) is 3.09. The first-order chi connectivity index (χ1) is 12.7. The summed E-state index contributed by atoms with van der Waals surface area (Å²) in [5.74, 6) is -0.913. The normalized spacial score (nSPS) is 11.7. The van der Waals surface area contributed by atoms with Crippen LogP contribution in [0.3, 0.4) is 0 Å². The molecule has 0 bridgehead atoms. The molecule has 26 heavy (non-hydrogen) atoms. The van der Waals surface area contributed by atoms with Gasteiger partial charge in [-0.25, -0.2) is 4.79 Å². The van der Waals surface area contributed by atoms with Gasteiger partial charge in [0.2, 0.25) is 0 Å². The SMILES string of the molecule is COC(=O)[C@@H](CCC#N)NC(=O)c1c2ccccc2cc2ccccc12. The molecule has 5 heteroatoms. The Morgan fingerprint density at radius 3 is 2.19 bits per heavy atom. The molecule has 0 aliphatic rings. The molecule has 1 atom stereocenters. The van der Waals surface area contributed by atoms with Crippen molar-refractivity contribution in [2.75, 3.05) is 7.11 Å². The molecular formula is C21H18N2O3. The van der Waals surface area contributed by atoms with Gasteiger partial charge in [-0.1, -0.05) is 48.5 Å². The highest BCUT2D eigenvalue weighted by molar-refractivity contribution is 6.18. The largest absolute Gasteiger partial charge is 0.467 e. The Hall–Kier alpha value is -3.39. The molecule has 3 rings (SSSR count). The standard InChI is InChI=1S/C21H18N2O3/c1-26-21(25)18(11-6-12-22)23-20(24)19-16-9-4-2-7-14(16)13-15-8-3-5-10-17(15)19/h2-5,7-10,13,18H,6,11H2,1H3,(H,23,24)/t18-/m1/s1. The third kappa shape index (κ3) is 3.35. The molecule has 5 nitrogen and oxygen atoms in total. The van der Waals surface area contributed by atoms with Crippen LogP contribution in [0.4, 0.5) is 0 Å². The minimum absolute atomic E-state index is 0.149. The molecule has 3 aromatic rings. The zero-order valence-electron chi connectivity index (χ0n) is 14.4. The molecule has 0 aliphatic carbocycles. The highest BCUT2D eigenvalue weighted by Crippen LogP contribution is 2.28. The number of carbonyl (C=O) groups is 2. The van der Waals surface area contributed by atoms with Gasteiger partial charge < -0.3 is 10.1 Å². The van der Waals surface area contributed by atoms with E-state index in [1.165, 1.54) is 7.11 Å². The van der Waals surface area contributed by atoms with Gasteiger partial charge in [0.1, 0.15) is 6.04 Å². The number of nitrogens with zero attached hydrogens (tertiary/aromatic N) is 1. The van der Waals surface area contributed by atoms with Gasteiger partial charge >= 0.3 is 5.97 Å². The number of hydrogen-bond donors (Lipinski definition) is 1. The maximum Gasteiger partial charge on any atom is 0.328 e. The number of hydrogen-bond acceptors (Lipinski definition) is 4. The first-order valence-electron chi connectivity index (χ1n) is 8.32. The van der Waals surface area contributed by atoms with Crippen molar-refractivity contribution in [3.05, 3.63) is 60.2 Å². The molecule has 0 radical (unpaired) electrons. The molecule has 1 N–H and O–H groups in total. The summed E-state index contributed by atoms with van der Waals surface area (Å²) in [6.07, 6.45) is 0.355. The number of rotatable bonds is 5. The van der Waals surface area contributed by atoms with Crippen molar-refractivity contribution in [1.29, 1.82) is 5.26 Å². The van der Waals surface area contributed by atoms with Crippen molar-refractivity contribution in [2.24, 2.45) is 0 Å². The molecule has 0 fully saturated rings. The molecule has 0 heterocycles. The van der Waals surface area contributed by atoms with E-state index in [-0.39, 0.29) is 18.7 Å². The minimum Gasteiger partial charge on any atom is -0.467 e. The molecule has 0 unspecified atom stereocenters.